The monoisotopic (exact) mass is 813 g/mol. The third-order valence-corrected chi connectivity index (χ3v) is 12.1. The lowest BCUT2D eigenvalue weighted by Crippen LogP contribution is -2.54. The van der Waals surface area contributed by atoms with Crippen LogP contribution in [0.4, 0.5) is 9.59 Å². The van der Waals surface area contributed by atoms with Crippen molar-refractivity contribution in [3.63, 3.8) is 0 Å². The number of hydrogen-bond acceptors (Lipinski definition) is 10. The van der Waals surface area contributed by atoms with Gasteiger partial charge in [-0.15, -0.1) is 0 Å². The van der Waals surface area contributed by atoms with Crippen LogP contribution >= 0.6 is 0 Å². The fourth-order valence-electron chi connectivity index (χ4n) is 7.55. The van der Waals surface area contributed by atoms with E-state index in [0.717, 1.165) is 45.4 Å². The van der Waals surface area contributed by atoms with Gasteiger partial charge in [-0.05, 0) is 45.2 Å². The normalized spacial score (nSPS) is 20.4. The number of benzene rings is 2. The van der Waals surface area contributed by atoms with Gasteiger partial charge in [0.25, 0.3) is 0 Å². The maximum Gasteiger partial charge on any atom is 0.407 e. The van der Waals surface area contributed by atoms with E-state index in [4.69, 9.17) is 14.5 Å². The highest BCUT2D eigenvalue weighted by molar-refractivity contribution is 7.88. The number of nitrogens with zero attached hydrogens (tertiary/aromatic N) is 5. The van der Waals surface area contributed by atoms with Crippen LogP contribution in [-0.2, 0) is 29.1 Å². The van der Waals surface area contributed by atoms with Crippen molar-refractivity contribution in [3.05, 3.63) is 84.2 Å². The first kappa shape index (κ1) is 42.0. The predicted octanol–water partition coefficient (Wildman–Crippen LogP) is 4.68. The minimum absolute atomic E-state index is 0.0670. The quantitative estimate of drug-likeness (QED) is 0.290. The average molecular weight is 814 g/mol. The van der Waals surface area contributed by atoms with Gasteiger partial charge in [0.05, 0.1) is 39.2 Å². The minimum Gasteiger partial charge on any atom is -0.453 e. The first-order chi connectivity index (χ1) is 27.6. The van der Waals surface area contributed by atoms with Crippen LogP contribution in [0, 0.1) is 11.8 Å². The maximum atomic E-state index is 13.8. The van der Waals surface area contributed by atoms with Crippen molar-refractivity contribution in [1.29, 1.82) is 0 Å². The zero-order valence-electron chi connectivity index (χ0n) is 33.8. The van der Waals surface area contributed by atoms with Gasteiger partial charge in [-0.3, -0.25) is 19.6 Å². The summed E-state index contributed by atoms with van der Waals surface area (Å²) in [4.78, 5) is 63.9. The molecule has 6 rings (SSSR count). The number of sulfonamides is 1. The lowest BCUT2D eigenvalue weighted by molar-refractivity contribution is -0.135. The Balaban J connectivity index is 1.08. The summed E-state index contributed by atoms with van der Waals surface area (Å²) in [5, 5.41) is 5.27. The molecular formula is C42H51N7O8S. The van der Waals surface area contributed by atoms with Gasteiger partial charge in [0.15, 0.2) is 0 Å². The number of aliphatic imine (C=N–C) groups is 2. The third kappa shape index (κ3) is 9.07. The first-order valence-corrected chi connectivity index (χ1v) is 21.1. The molecule has 2 aromatic carbocycles. The summed E-state index contributed by atoms with van der Waals surface area (Å²) in [6.07, 6.45) is 8.30. The molecule has 4 amide bonds. The summed E-state index contributed by atoms with van der Waals surface area (Å²) >= 11 is 0. The molecule has 16 heteroatoms. The van der Waals surface area contributed by atoms with Crippen LogP contribution in [0.2, 0.25) is 0 Å². The van der Waals surface area contributed by atoms with E-state index in [2.05, 4.69) is 39.9 Å². The fourth-order valence-corrected chi connectivity index (χ4v) is 8.29. The molecule has 2 N–H and O–H groups in total. The first-order valence-electron chi connectivity index (χ1n) is 19.2. The molecule has 1 fully saturated rings. The molecule has 0 unspecified atom stereocenters. The number of alkyl carbamates (subject to hydrolysis) is 2. The Bertz CT molecular complexity index is 2190. The Morgan fingerprint density at radius 3 is 1.62 bits per heavy atom. The molecule has 4 atom stereocenters. The van der Waals surface area contributed by atoms with E-state index in [1.165, 1.54) is 23.4 Å². The molecule has 4 aliphatic rings. The molecule has 0 aromatic heterocycles. The second kappa shape index (κ2) is 17.5. The molecule has 0 aliphatic carbocycles. The largest absolute Gasteiger partial charge is 0.453 e. The summed E-state index contributed by atoms with van der Waals surface area (Å²) < 4.78 is 35.9. The predicted molar refractivity (Wildman–Crippen MR) is 222 cm³/mol. The molecule has 4 aliphatic heterocycles. The number of hydrogen-bond donors (Lipinski definition) is 2. The van der Waals surface area contributed by atoms with E-state index in [1.54, 1.807) is 24.9 Å². The van der Waals surface area contributed by atoms with Crippen LogP contribution in [0.25, 0.3) is 22.3 Å². The smallest absolute Gasteiger partial charge is 0.407 e. The highest BCUT2D eigenvalue weighted by atomic mass is 32.2. The SMILES string of the molecule is COC(=O)N[C@H](C(=O)N1CC=C[C@H]1C1=NC=C(c2ccc(-c3ccc(C4=CN=C([C@@H]5CN(S(C)(=O)=O)CN5C(=O)[C@@H](NC(=O)OC)C(C)C)C4)cc3)cc2)C1)C(C)C. The molecule has 1 saturated heterocycles. The average Bonchev–Trinajstić information content (AvgIpc) is 4.04. The van der Waals surface area contributed by atoms with Gasteiger partial charge in [-0.1, -0.05) is 88.4 Å². The van der Waals surface area contributed by atoms with Crippen LogP contribution in [0.1, 0.15) is 51.7 Å². The van der Waals surface area contributed by atoms with Gasteiger partial charge in [0.1, 0.15) is 12.1 Å². The van der Waals surface area contributed by atoms with E-state index in [-0.39, 0.29) is 37.0 Å². The molecule has 0 radical (unpaired) electrons. The van der Waals surface area contributed by atoms with Gasteiger partial charge in [-0.25, -0.2) is 18.0 Å². The van der Waals surface area contributed by atoms with Crippen molar-refractivity contribution in [2.75, 3.05) is 40.2 Å². The Morgan fingerprint density at radius 1 is 0.707 bits per heavy atom. The molecule has 58 heavy (non-hydrogen) atoms. The van der Waals surface area contributed by atoms with Crippen molar-refractivity contribution in [1.82, 2.24) is 24.7 Å². The number of allylic oxidation sites excluding steroid dienone is 2. The van der Waals surface area contributed by atoms with Crippen molar-refractivity contribution < 1.29 is 37.1 Å². The molecule has 0 spiro atoms. The summed E-state index contributed by atoms with van der Waals surface area (Å²) in [5.41, 5.74) is 7.55. The third-order valence-electron chi connectivity index (χ3n) is 10.9. The van der Waals surface area contributed by atoms with Gasteiger partial charge in [0.2, 0.25) is 21.8 Å². The molecule has 0 bridgehead atoms. The summed E-state index contributed by atoms with van der Waals surface area (Å²) in [7, 11) is -1.12. The number of carbonyl (C=O) groups is 4. The van der Waals surface area contributed by atoms with Crippen LogP contribution in [0.15, 0.2) is 83.1 Å². The number of rotatable bonds is 12. The van der Waals surface area contributed by atoms with Gasteiger partial charge in [0, 0.05) is 49.8 Å². The van der Waals surface area contributed by atoms with E-state index >= 15 is 0 Å². The fraction of sp³-hybridized carbons (Fsp3) is 0.429. The summed E-state index contributed by atoms with van der Waals surface area (Å²) in [5.74, 6) is -0.993. The topological polar surface area (TPSA) is 179 Å². The summed E-state index contributed by atoms with van der Waals surface area (Å²) in [6.45, 7) is 7.72. The maximum absolute atomic E-state index is 13.8. The zero-order chi connectivity index (χ0) is 41.9. The van der Waals surface area contributed by atoms with E-state index < -0.39 is 46.2 Å². The van der Waals surface area contributed by atoms with Crippen LogP contribution in [-0.4, -0.2) is 122 Å². The van der Waals surface area contributed by atoms with E-state index in [9.17, 15) is 27.6 Å². The lowest BCUT2D eigenvalue weighted by atomic mass is 9.95. The molecule has 15 nitrogen and oxygen atoms in total. The molecule has 0 saturated carbocycles. The Hall–Kier alpha value is -5.61. The van der Waals surface area contributed by atoms with Crippen LogP contribution < -0.4 is 10.6 Å². The Morgan fingerprint density at radius 2 is 1.16 bits per heavy atom. The highest BCUT2D eigenvalue weighted by Crippen LogP contribution is 2.33. The highest BCUT2D eigenvalue weighted by Gasteiger charge is 2.44. The second-order valence-corrected chi connectivity index (χ2v) is 17.5. The Kier molecular flexibility index (Phi) is 12.7. The van der Waals surface area contributed by atoms with Gasteiger partial charge < -0.3 is 29.9 Å². The van der Waals surface area contributed by atoms with Gasteiger partial charge in [-0.2, -0.15) is 4.31 Å². The molecule has 4 heterocycles. The number of ether oxygens (including phenoxy) is 2. The Labute approximate surface area is 339 Å². The van der Waals surface area contributed by atoms with Crippen LogP contribution in [0.5, 0.6) is 0 Å². The van der Waals surface area contributed by atoms with E-state index in [1.807, 2.05) is 56.5 Å². The molecule has 308 valence electrons. The van der Waals surface area contributed by atoms with Crippen LogP contribution in [0.3, 0.4) is 0 Å². The van der Waals surface area contributed by atoms with Crippen molar-refractivity contribution in [3.8, 4) is 11.1 Å². The van der Waals surface area contributed by atoms with Gasteiger partial charge >= 0.3 is 12.2 Å². The number of nitrogens with one attached hydrogen (secondary N) is 2. The van der Waals surface area contributed by atoms with Crippen molar-refractivity contribution >= 4 is 56.6 Å². The van der Waals surface area contributed by atoms with E-state index in [0.29, 0.717) is 25.1 Å². The zero-order valence-corrected chi connectivity index (χ0v) is 34.7. The number of carbonyl (C=O) groups excluding carboxylic acids is 4. The van der Waals surface area contributed by atoms with Crippen molar-refractivity contribution in [2.24, 2.45) is 21.8 Å². The molecular weight excluding hydrogens is 763 g/mol. The lowest BCUT2D eigenvalue weighted by Gasteiger charge is -2.31. The van der Waals surface area contributed by atoms with Crippen molar-refractivity contribution in [2.45, 2.75) is 64.7 Å². The summed E-state index contributed by atoms with van der Waals surface area (Å²) in [6, 6.07) is 13.9. The minimum atomic E-state index is -3.61. The number of methoxy groups -OCH3 is 2. The number of amides is 4. The molecule has 2 aromatic rings. The second-order valence-electron chi connectivity index (χ2n) is 15.5. The standard InChI is InChI=1S/C42H51N7O8S/c1-25(2)37(45-41(52)56-5)39(50)48-18-8-9-35(48)33-19-31(21-43-33)29-14-10-27(11-15-29)28-12-16-30(17-13-28)32-20-34(44-22-32)36-23-47(58(7,54)55)24-49(36)40(51)38(26(3)4)46-42(53)57-6/h8-17,21-22,25-26,35-38H,18-20,23-24H2,1-7H3,(H,45,52)(H,46,53)/t35-,36-,37-,38-/m0/s1.